The molecule has 3 nitrogen and oxygen atoms in total. The van der Waals surface area contributed by atoms with Crippen molar-refractivity contribution in [2.24, 2.45) is 0 Å². The summed E-state index contributed by atoms with van der Waals surface area (Å²) in [6.07, 6.45) is 1.66. The molecule has 0 saturated carbocycles. The van der Waals surface area contributed by atoms with Crippen LogP contribution in [-0.2, 0) is 0 Å². The lowest BCUT2D eigenvalue weighted by atomic mass is 10.2. The standard InChI is InChI=1S/C11H11BrN2O/c1-14(2)11-13-10(7-15-11)8-5-3-4-6-9(8)12/h3-7H,1-2H3. The molecule has 0 spiro atoms. The maximum Gasteiger partial charge on any atom is 0.297 e. The van der Waals surface area contributed by atoms with E-state index in [0.717, 1.165) is 15.7 Å². The van der Waals surface area contributed by atoms with Crippen LogP contribution >= 0.6 is 15.9 Å². The van der Waals surface area contributed by atoms with E-state index in [1.807, 2.05) is 43.3 Å². The van der Waals surface area contributed by atoms with E-state index in [1.165, 1.54) is 0 Å². The van der Waals surface area contributed by atoms with Gasteiger partial charge in [-0.2, -0.15) is 4.98 Å². The number of rotatable bonds is 2. The molecule has 0 aliphatic rings. The fraction of sp³-hybridized carbons (Fsp3) is 0.182. The van der Waals surface area contributed by atoms with Crippen molar-refractivity contribution in [1.29, 1.82) is 0 Å². The lowest BCUT2D eigenvalue weighted by Crippen LogP contribution is -2.08. The first kappa shape index (κ1) is 10.2. The minimum absolute atomic E-state index is 0.612. The highest BCUT2D eigenvalue weighted by atomic mass is 79.9. The van der Waals surface area contributed by atoms with Crippen molar-refractivity contribution in [3.63, 3.8) is 0 Å². The molecule has 1 aromatic carbocycles. The van der Waals surface area contributed by atoms with Gasteiger partial charge in [0, 0.05) is 24.1 Å². The molecule has 2 aromatic rings. The van der Waals surface area contributed by atoms with Crippen LogP contribution < -0.4 is 4.90 Å². The van der Waals surface area contributed by atoms with E-state index >= 15 is 0 Å². The Labute approximate surface area is 96.9 Å². The van der Waals surface area contributed by atoms with Crippen molar-refractivity contribution in [2.45, 2.75) is 0 Å². The summed E-state index contributed by atoms with van der Waals surface area (Å²) in [5.41, 5.74) is 1.88. The summed E-state index contributed by atoms with van der Waals surface area (Å²) in [4.78, 5) is 6.20. The number of halogens is 1. The summed E-state index contributed by atoms with van der Waals surface area (Å²) in [6, 6.07) is 8.55. The first-order chi connectivity index (χ1) is 7.18. The van der Waals surface area contributed by atoms with Crippen LogP contribution in [0.5, 0.6) is 0 Å². The van der Waals surface area contributed by atoms with Gasteiger partial charge in [0.05, 0.1) is 0 Å². The second-order valence-electron chi connectivity index (χ2n) is 3.39. The smallest absolute Gasteiger partial charge is 0.297 e. The van der Waals surface area contributed by atoms with Crippen LogP contribution in [0.25, 0.3) is 11.3 Å². The molecule has 0 unspecified atom stereocenters. The highest BCUT2D eigenvalue weighted by Gasteiger charge is 2.09. The first-order valence-electron chi connectivity index (χ1n) is 4.56. The Morgan fingerprint density at radius 2 is 2.00 bits per heavy atom. The van der Waals surface area contributed by atoms with E-state index in [-0.39, 0.29) is 0 Å². The molecule has 1 heterocycles. The Morgan fingerprint density at radius 1 is 1.27 bits per heavy atom. The van der Waals surface area contributed by atoms with Gasteiger partial charge < -0.3 is 9.32 Å². The van der Waals surface area contributed by atoms with Crippen LogP contribution in [0.3, 0.4) is 0 Å². The number of anilines is 1. The minimum Gasteiger partial charge on any atom is -0.431 e. The summed E-state index contributed by atoms with van der Waals surface area (Å²) in [5, 5.41) is 0. The summed E-state index contributed by atoms with van der Waals surface area (Å²) in [7, 11) is 3.80. The molecular weight excluding hydrogens is 256 g/mol. The Morgan fingerprint density at radius 3 is 2.60 bits per heavy atom. The molecule has 0 aliphatic heterocycles. The predicted octanol–water partition coefficient (Wildman–Crippen LogP) is 3.17. The van der Waals surface area contributed by atoms with E-state index in [1.54, 1.807) is 6.26 Å². The normalized spacial score (nSPS) is 10.3. The summed E-state index contributed by atoms with van der Waals surface area (Å²) in [5.74, 6) is 0. The third-order valence-corrected chi connectivity index (χ3v) is 2.72. The maximum absolute atomic E-state index is 5.33. The van der Waals surface area contributed by atoms with Crippen LogP contribution in [0.4, 0.5) is 6.01 Å². The van der Waals surface area contributed by atoms with Crippen molar-refractivity contribution < 1.29 is 4.42 Å². The van der Waals surface area contributed by atoms with Gasteiger partial charge in [0.15, 0.2) is 0 Å². The van der Waals surface area contributed by atoms with E-state index in [2.05, 4.69) is 20.9 Å². The molecule has 1 aromatic heterocycles. The maximum atomic E-state index is 5.33. The average molecular weight is 267 g/mol. The summed E-state index contributed by atoms with van der Waals surface area (Å²) >= 11 is 3.48. The predicted molar refractivity (Wildman–Crippen MR) is 64.0 cm³/mol. The van der Waals surface area contributed by atoms with E-state index in [9.17, 15) is 0 Å². The SMILES string of the molecule is CN(C)c1nc(-c2ccccc2Br)co1. The Balaban J connectivity index is 2.42. The van der Waals surface area contributed by atoms with E-state index < -0.39 is 0 Å². The third-order valence-electron chi connectivity index (χ3n) is 2.02. The van der Waals surface area contributed by atoms with Crippen molar-refractivity contribution in [3.05, 3.63) is 35.0 Å². The highest BCUT2D eigenvalue weighted by molar-refractivity contribution is 9.10. The average Bonchev–Trinajstić information content (AvgIpc) is 2.67. The van der Waals surface area contributed by atoms with Gasteiger partial charge >= 0.3 is 0 Å². The van der Waals surface area contributed by atoms with Crippen LogP contribution in [0, 0.1) is 0 Å². The monoisotopic (exact) mass is 266 g/mol. The molecule has 0 saturated heterocycles. The van der Waals surface area contributed by atoms with Gasteiger partial charge in [-0.15, -0.1) is 0 Å². The molecule has 2 rings (SSSR count). The first-order valence-corrected chi connectivity index (χ1v) is 5.35. The van der Waals surface area contributed by atoms with Crippen molar-refractivity contribution >= 4 is 21.9 Å². The minimum atomic E-state index is 0.612. The van der Waals surface area contributed by atoms with Gasteiger partial charge in [-0.05, 0) is 6.07 Å². The van der Waals surface area contributed by atoms with Crippen molar-refractivity contribution in [1.82, 2.24) is 4.98 Å². The van der Waals surface area contributed by atoms with Gasteiger partial charge in [0.2, 0.25) is 0 Å². The fourth-order valence-corrected chi connectivity index (χ4v) is 1.75. The molecule has 78 valence electrons. The zero-order valence-electron chi connectivity index (χ0n) is 8.57. The fourth-order valence-electron chi connectivity index (χ4n) is 1.26. The zero-order valence-corrected chi connectivity index (χ0v) is 10.2. The molecule has 0 fully saturated rings. The van der Waals surface area contributed by atoms with Crippen LogP contribution in [-0.4, -0.2) is 19.1 Å². The second-order valence-corrected chi connectivity index (χ2v) is 4.24. The topological polar surface area (TPSA) is 29.3 Å². The largest absolute Gasteiger partial charge is 0.431 e. The van der Waals surface area contributed by atoms with Gasteiger partial charge in [0.1, 0.15) is 12.0 Å². The molecule has 0 atom stereocenters. The van der Waals surface area contributed by atoms with Gasteiger partial charge in [-0.25, -0.2) is 0 Å². The van der Waals surface area contributed by atoms with Gasteiger partial charge in [0.25, 0.3) is 6.01 Å². The third kappa shape index (κ3) is 2.04. The zero-order chi connectivity index (χ0) is 10.8. The number of oxazole rings is 1. The number of hydrogen-bond acceptors (Lipinski definition) is 3. The van der Waals surface area contributed by atoms with E-state index in [4.69, 9.17) is 4.42 Å². The number of aromatic nitrogens is 1. The van der Waals surface area contributed by atoms with Crippen LogP contribution in [0.1, 0.15) is 0 Å². The quantitative estimate of drug-likeness (QED) is 0.836. The molecule has 0 radical (unpaired) electrons. The van der Waals surface area contributed by atoms with Gasteiger partial charge in [-0.3, -0.25) is 0 Å². The molecule has 4 heteroatoms. The lowest BCUT2D eigenvalue weighted by Gasteiger charge is -2.03. The summed E-state index contributed by atoms with van der Waals surface area (Å²) in [6.45, 7) is 0. The number of benzene rings is 1. The van der Waals surface area contributed by atoms with E-state index in [0.29, 0.717) is 6.01 Å². The number of hydrogen-bond donors (Lipinski definition) is 0. The lowest BCUT2D eigenvalue weighted by molar-refractivity contribution is 0.556. The Bertz CT molecular complexity index is 465. The van der Waals surface area contributed by atoms with Crippen molar-refractivity contribution in [2.75, 3.05) is 19.0 Å². The molecule has 0 aliphatic carbocycles. The summed E-state index contributed by atoms with van der Waals surface area (Å²) < 4.78 is 6.35. The van der Waals surface area contributed by atoms with Gasteiger partial charge in [-0.1, -0.05) is 34.1 Å². The molecule has 0 amide bonds. The Hall–Kier alpha value is -1.29. The molecule has 15 heavy (non-hydrogen) atoms. The van der Waals surface area contributed by atoms with Crippen LogP contribution in [0.15, 0.2) is 39.4 Å². The van der Waals surface area contributed by atoms with Crippen molar-refractivity contribution in [3.8, 4) is 11.3 Å². The van der Waals surface area contributed by atoms with Crippen LogP contribution in [0.2, 0.25) is 0 Å². The second kappa shape index (κ2) is 4.06. The molecule has 0 N–H and O–H groups in total. The molecule has 0 bridgehead atoms. The Kier molecular flexibility index (Phi) is 2.77. The highest BCUT2D eigenvalue weighted by Crippen LogP contribution is 2.28. The number of nitrogens with zero attached hydrogens (tertiary/aromatic N) is 2. The molecular formula is C11H11BrN2O.